The first-order chi connectivity index (χ1) is 16.6. The Kier molecular flexibility index (Phi) is 10.3. The topological polar surface area (TPSA) is 0 Å². The van der Waals surface area contributed by atoms with E-state index in [0.717, 1.165) is 12.8 Å². The van der Waals surface area contributed by atoms with Gasteiger partial charge in [0.05, 0.1) is 0 Å². The van der Waals surface area contributed by atoms with Crippen LogP contribution < -0.4 is 0 Å². The van der Waals surface area contributed by atoms with Crippen LogP contribution in [0.5, 0.6) is 0 Å². The van der Waals surface area contributed by atoms with Crippen molar-refractivity contribution in [3.8, 4) is 11.1 Å². The van der Waals surface area contributed by atoms with Crippen molar-refractivity contribution in [1.29, 1.82) is 0 Å². The molecular weight excluding hydrogens is 504 g/mol. The summed E-state index contributed by atoms with van der Waals surface area (Å²) in [5, 5.41) is 0. The number of benzene rings is 2. The van der Waals surface area contributed by atoms with Gasteiger partial charge in [-0.05, 0) is 18.9 Å². The van der Waals surface area contributed by atoms with Crippen molar-refractivity contribution in [1.82, 2.24) is 0 Å². The van der Waals surface area contributed by atoms with Gasteiger partial charge in [-0.1, -0.05) is 36.2 Å². The van der Waals surface area contributed by atoms with Gasteiger partial charge in [0, 0.05) is 0 Å². The van der Waals surface area contributed by atoms with Crippen LogP contribution in [-0.4, -0.2) is 5.43 Å². The van der Waals surface area contributed by atoms with E-state index in [1.54, 1.807) is 51.4 Å². The second kappa shape index (κ2) is 13.4. The molecule has 0 bridgehead atoms. The molecule has 0 atom stereocenters. The predicted molar refractivity (Wildman–Crippen MR) is 144 cm³/mol. The molecule has 2 saturated carbocycles. The fourth-order valence-electron chi connectivity index (χ4n) is 5.87. The van der Waals surface area contributed by atoms with E-state index in [1.165, 1.54) is 57.3 Å². The summed E-state index contributed by atoms with van der Waals surface area (Å²) in [7, 11) is 0. The molecule has 0 unspecified atom stereocenters. The molecule has 0 radical (unpaired) electrons. The van der Waals surface area contributed by atoms with Gasteiger partial charge in [-0.2, -0.15) is 29.8 Å². The third-order valence-corrected chi connectivity index (χ3v) is 16.7. The third-order valence-electron chi connectivity index (χ3n) is 7.77. The minimum absolute atomic E-state index is 0.0991. The molecule has 2 heteroatoms. The molecule has 0 aromatic heterocycles. The molecule has 4 aliphatic carbocycles. The number of aryl methyl sites for hydroxylation is 2. The van der Waals surface area contributed by atoms with E-state index in [9.17, 15) is 0 Å². The molecule has 0 N–H and O–H groups in total. The summed E-state index contributed by atoms with van der Waals surface area (Å²) >= 11 is 1.95. The minimum atomic E-state index is 0.0991. The summed E-state index contributed by atoms with van der Waals surface area (Å²) in [5.74, 6) is 0. The molecule has 0 aliphatic heterocycles. The summed E-state index contributed by atoms with van der Waals surface area (Å²) in [6.07, 6.45) is 26.8. The second-order valence-corrected chi connectivity index (χ2v) is 17.3. The van der Waals surface area contributed by atoms with Gasteiger partial charge >= 0.3 is 104 Å². The predicted octanol–water partition coefficient (Wildman–Crippen LogP) is 9.17. The van der Waals surface area contributed by atoms with E-state index in [4.69, 9.17) is 0 Å². The Morgan fingerprint density at radius 3 is 2.03 bits per heavy atom. The normalized spacial score (nSPS) is 18.9. The monoisotopic (exact) mass is 542 g/mol. The SMILES string of the molecule is Cc1[c-]c2c(cc1)-c1ccc(C)cc1C2.[C-]1=CC=CC1.[Zr+2]=[Si](C1CCCCC1)C1CCCCC1. The van der Waals surface area contributed by atoms with Crippen LogP contribution in [0.4, 0.5) is 0 Å². The fourth-order valence-corrected chi connectivity index (χ4v) is 12.9. The van der Waals surface area contributed by atoms with E-state index in [-0.39, 0.29) is 5.43 Å². The zero-order valence-electron chi connectivity index (χ0n) is 21.3. The Morgan fingerprint density at radius 2 is 1.47 bits per heavy atom. The summed E-state index contributed by atoms with van der Waals surface area (Å²) in [4.78, 5) is 0. The maximum atomic E-state index is 3.45. The Hall–Kier alpha value is -0.980. The molecule has 0 nitrogen and oxygen atoms in total. The van der Waals surface area contributed by atoms with Crippen molar-refractivity contribution in [2.45, 2.75) is 102 Å². The van der Waals surface area contributed by atoms with E-state index in [2.05, 4.69) is 62.4 Å². The molecule has 0 saturated heterocycles. The molecule has 0 amide bonds. The van der Waals surface area contributed by atoms with Gasteiger partial charge < -0.3 is 0 Å². The Morgan fingerprint density at radius 1 is 0.824 bits per heavy atom. The summed E-state index contributed by atoms with van der Waals surface area (Å²) < 4.78 is 0. The zero-order valence-corrected chi connectivity index (χ0v) is 24.7. The number of fused-ring (bicyclic) bond motifs is 3. The molecule has 2 fully saturated rings. The molecule has 34 heavy (non-hydrogen) atoms. The molecule has 0 heterocycles. The van der Waals surface area contributed by atoms with Gasteiger partial charge in [-0.15, -0.1) is 17.5 Å². The average Bonchev–Trinajstić information content (AvgIpc) is 3.56. The Balaban J connectivity index is 0.000000134. The second-order valence-electron chi connectivity index (χ2n) is 10.5. The van der Waals surface area contributed by atoms with Gasteiger partial charge in [-0.25, -0.2) is 12.2 Å². The van der Waals surface area contributed by atoms with Crippen molar-refractivity contribution < 1.29 is 23.3 Å². The molecule has 4 aliphatic rings. The van der Waals surface area contributed by atoms with Gasteiger partial charge in [0.1, 0.15) is 0 Å². The van der Waals surface area contributed by atoms with Crippen LogP contribution in [0.15, 0.2) is 48.6 Å². The first kappa shape index (κ1) is 26.1. The number of hydrogen-bond donors (Lipinski definition) is 0. The van der Waals surface area contributed by atoms with Gasteiger partial charge in [-0.3, -0.25) is 6.08 Å². The zero-order chi connectivity index (χ0) is 23.8. The first-order valence-corrected chi connectivity index (χ1v) is 18.9. The van der Waals surface area contributed by atoms with Crippen LogP contribution in [0.2, 0.25) is 11.1 Å². The average molecular weight is 544 g/mol. The standard InChI is InChI=1S/C15H13.C12H22Si.C5H5.Zr/c1-10-3-5-14-12(7-10)9-13-8-11(2)4-6-15(13)14;1-3-7-11(8-4-1)13-12-9-5-2-6-10-12;1-2-4-5-3-1;/h3-7H,9H2,1-2H3;11-12H,1-10H2;1-3H,4H2;/q-1;;-1;+2. The molecule has 6 rings (SSSR count). The molecule has 0 spiro atoms. The van der Waals surface area contributed by atoms with Crippen LogP contribution in [0, 0.1) is 26.0 Å². The van der Waals surface area contributed by atoms with Crippen molar-refractivity contribution in [2.24, 2.45) is 0 Å². The van der Waals surface area contributed by atoms with Crippen molar-refractivity contribution in [2.75, 3.05) is 0 Å². The molecule has 2 aromatic carbocycles. The molecular formula is C32H40SiZr. The maximum absolute atomic E-state index is 3.45. The van der Waals surface area contributed by atoms with Crippen LogP contribution in [0.1, 0.15) is 92.9 Å². The van der Waals surface area contributed by atoms with Crippen LogP contribution >= 0.6 is 0 Å². The first-order valence-electron chi connectivity index (χ1n) is 13.5. The van der Waals surface area contributed by atoms with Crippen molar-refractivity contribution in [3.05, 3.63) is 83.0 Å². The van der Waals surface area contributed by atoms with E-state index < -0.39 is 0 Å². The van der Waals surface area contributed by atoms with E-state index in [0.29, 0.717) is 0 Å². The molecule has 176 valence electrons. The number of rotatable bonds is 2. The Bertz CT molecular complexity index is 940. The summed E-state index contributed by atoms with van der Waals surface area (Å²) in [6, 6.07) is 14.5. The Labute approximate surface area is 223 Å². The summed E-state index contributed by atoms with van der Waals surface area (Å²) in [6.45, 7) is 4.26. The van der Waals surface area contributed by atoms with Crippen molar-refractivity contribution in [3.63, 3.8) is 0 Å². The van der Waals surface area contributed by atoms with Crippen LogP contribution in [-0.2, 0) is 29.8 Å². The molecule has 2 aromatic rings. The third kappa shape index (κ3) is 7.27. The van der Waals surface area contributed by atoms with Gasteiger partial charge in [0.15, 0.2) is 0 Å². The quantitative estimate of drug-likeness (QED) is 0.223. The van der Waals surface area contributed by atoms with E-state index in [1.807, 2.05) is 35.5 Å². The fraction of sp³-hybridized carbons (Fsp3) is 0.500. The number of allylic oxidation sites excluding steroid dienone is 4. The van der Waals surface area contributed by atoms with Crippen LogP contribution in [0.25, 0.3) is 11.1 Å². The van der Waals surface area contributed by atoms with Crippen LogP contribution in [0.3, 0.4) is 0 Å². The van der Waals surface area contributed by atoms with Crippen molar-refractivity contribution >= 4 is 5.43 Å². The van der Waals surface area contributed by atoms with Gasteiger partial charge in [0.25, 0.3) is 0 Å². The van der Waals surface area contributed by atoms with Gasteiger partial charge in [0.2, 0.25) is 0 Å². The summed E-state index contributed by atoms with van der Waals surface area (Å²) in [5.41, 5.74) is 10.7. The van der Waals surface area contributed by atoms with E-state index >= 15 is 0 Å². The number of hydrogen-bond acceptors (Lipinski definition) is 0.